The Morgan fingerprint density at radius 3 is 2.78 bits per heavy atom. The minimum absolute atomic E-state index is 0.0735. The molecule has 53 valence electrons. The highest BCUT2D eigenvalue weighted by atomic mass is 16.3. The molecule has 0 rings (SSSR count). The van der Waals surface area contributed by atoms with Crippen molar-refractivity contribution in [3.8, 4) is 0 Å². The van der Waals surface area contributed by atoms with E-state index < -0.39 is 6.10 Å². The zero-order valence-corrected chi connectivity index (χ0v) is 5.22. The molecular weight excluding hydrogens is 118 g/mol. The molecule has 1 radical (unpaired) electrons. The van der Waals surface area contributed by atoms with Crippen molar-refractivity contribution in [3.63, 3.8) is 0 Å². The van der Waals surface area contributed by atoms with Gasteiger partial charge in [-0.2, -0.15) is 0 Å². The number of aliphatic hydroxyl groups is 1. The van der Waals surface area contributed by atoms with Gasteiger partial charge < -0.3 is 16.2 Å². The van der Waals surface area contributed by atoms with Gasteiger partial charge in [-0.05, 0) is 13.3 Å². The zero-order chi connectivity index (χ0) is 7.28. The molecule has 4 heteroatoms. The maximum absolute atomic E-state index is 8.60. The summed E-state index contributed by atoms with van der Waals surface area (Å²) in [6.07, 6.45) is -0.0589. The second-order valence-corrected chi connectivity index (χ2v) is 1.78. The van der Waals surface area contributed by atoms with Crippen LogP contribution in [0.25, 0.3) is 0 Å². The Labute approximate surface area is 54.6 Å². The van der Waals surface area contributed by atoms with Crippen LogP contribution in [0.5, 0.6) is 0 Å². The molecule has 0 aromatic rings. The van der Waals surface area contributed by atoms with Gasteiger partial charge in [0.1, 0.15) is 0 Å². The minimum Gasteiger partial charge on any atom is -0.393 e. The molecule has 1 unspecified atom stereocenters. The van der Waals surface area contributed by atoms with Crippen molar-refractivity contribution >= 4 is 5.96 Å². The van der Waals surface area contributed by atoms with Gasteiger partial charge in [0.15, 0.2) is 5.96 Å². The van der Waals surface area contributed by atoms with Gasteiger partial charge in [-0.1, -0.05) is 0 Å². The lowest BCUT2D eigenvalue weighted by Crippen LogP contribution is -2.32. The zero-order valence-electron chi connectivity index (χ0n) is 5.22. The Bertz CT molecular complexity index is 92.2. The van der Waals surface area contributed by atoms with E-state index in [0.29, 0.717) is 13.0 Å². The van der Waals surface area contributed by atoms with Gasteiger partial charge in [-0.25, -0.2) is 0 Å². The summed E-state index contributed by atoms with van der Waals surface area (Å²) < 4.78 is 0. The van der Waals surface area contributed by atoms with Gasteiger partial charge in [0.05, 0.1) is 6.10 Å². The Morgan fingerprint density at radius 1 is 1.89 bits per heavy atom. The molecule has 5 N–H and O–H groups in total. The van der Waals surface area contributed by atoms with Crippen LogP contribution in [-0.4, -0.2) is 23.7 Å². The Balaban J connectivity index is 3.01. The van der Waals surface area contributed by atoms with Crippen molar-refractivity contribution in [2.24, 2.45) is 5.73 Å². The third-order valence-electron chi connectivity index (χ3n) is 0.793. The number of hydrogen-bond acceptors (Lipinski definition) is 2. The van der Waals surface area contributed by atoms with Crippen LogP contribution < -0.4 is 11.1 Å². The van der Waals surface area contributed by atoms with Crippen LogP contribution in [0, 0.1) is 12.3 Å². The second-order valence-electron chi connectivity index (χ2n) is 1.78. The van der Waals surface area contributed by atoms with Gasteiger partial charge in [0.25, 0.3) is 0 Å². The highest BCUT2D eigenvalue weighted by Crippen LogP contribution is 1.83. The summed E-state index contributed by atoms with van der Waals surface area (Å²) in [7, 11) is 0. The number of rotatable bonds is 3. The fourth-order valence-electron chi connectivity index (χ4n) is 0.373. The lowest BCUT2D eigenvalue weighted by atomic mass is 10.3. The summed E-state index contributed by atoms with van der Waals surface area (Å²) in [5.74, 6) is -0.0735. The minimum atomic E-state index is -0.572. The standard InChI is InChI=1S/C5H12N3O/c1-4(9)2-3-8-5(6)7/h4,9H,1-3H2,(H4,6,7,8). The van der Waals surface area contributed by atoms with Crippen molar-refractivity contribution < 1.29 is 5.11 Å². The summed E-state index contributed by atoms with van der Waals surface area (Å²) in [6, 6.07) is 0. The van der Waals surface area contributed by atoms with E-state index in [2.05, 4.69) is 12.2 Å². The molecule has 0 bridgehead atoms. The quantitative estimate of drug-likeness (QED) is 0.294. The summed E-state index contributed by atoms with van der Waals surface area (Å²) in [4.78, 5) is 0. The molecule has 0 amide bonds. The van der Waals surface area contributed by atoms with Crippen molar-refractivity contribution in [2.45, 2.75) is 12.5 Å². The molecule has 0 aromatic carbocycles. The van der Waals surface area contributed by atoms with Crippen LogP contribution in [-0.2, 0) is 0 Å². The number of guanidine groups is 1. The van der Waals surface area contributed by atoms with E-state index in [9.17, 15) is 0 Å². The topological polar surface area (TPSA) is 82.1 Å². The maximum atomic E-state index is 8.60. The van der Waals surface area contributed by atoms with E-state index in [1.807, 2.05) is 0 Å². The number of nitrogens with two attached hydrogens (primary N) is 1. The van der Waals surface area contributed by atoms with Crippen LogP contribution in [0.2, 0.25) is 0 Å². The first kappa shape index (κ1) is 8.23. The average molecular weight is 130 g/mol. The Kier molecular flexibility index (Phi) is 3.79. The first-order valence-corrected chi connectivity index (χ1v) is 2.72. The maximum Gasteiger partial charge on any atom is 0.185 e. The summed E-state index contributed by atoms with van der Waals surface area (Å²) in [6.45, 7) is 3.84. The smallest absolute Gasteiger partial charge is 0.185 e. The monoisotopic (exact) mass is 130 g/mol. The predicted molar refractivity (Wildman–Crippen MR) is 35.9 cm³/mol. The predicted octanol–water partition coefficient (Wildman–Crippen LogP) is -0.945. The molecule has 0 aliphatic rings. The molecule has 0 heterocycles. The van der Waals surface area contributed by atoms with E-state index in [-0.39, 0.29) is 5.96 Å². The summed E-state index contributed by atoms with van der Waals surface area (Å²) >= 11 is 0. The van der Waals surface area contributed by atoms with Crippen molar-refractivity contribution in [3.05, 3.63) is 6.92 Å². The van der Waals surface area contributed by atoms with Gasteiger partial charge in [-0.3, -0.25) is 5.41 Å². The van der Waals surface area contributed by atoms with Crippen LogP contribution in [0.4, 0.5) is 0 Å². The molecule has 1 atom stereocenters. The molecular formula is C5H12N3O. The highest BCUT2D eigenvalue weighted by Gasteiger charge is 1.93. The van der Waals surface area contributed by atoms with E-state index >= 15 is 0 Å². The highest BCUT2D eigenvalue weighted by molar-refractivity contribution is 5.74. The van der Waals surface area contributed by atoms with Crippen molar-refractivity contribution in [1.29, 1.82) is 5.41 Å². The number of aliphatic hydroxyl groups excluding tert-OH is 1. The number of nitrogens with one attached hydrogen (secondary N) is 2. The van der Waals surface area contributed by atoms with Gasteiger partial charge >= 0.3 is 0 Å². The normalized spacial score (nSPS) is 12.7. The second kappa shape index (κ2) is 4.14. The fraction of sp³-hybridized carbons (Fsp3) is 0.600. The van der Waals surface area contributed by atoms with E-state index in [0.717, 1.165) is 0 Å². The Morgan fingerprint density at radius 2 is 2.44 bits per heavy atom. The average Bonchev–Trinajstić information content (AvgIpc) is 1.63. The van der Waals surface area contributed by atoms with E-state index in [1.54, 1.807) is 0 Å². The lowest BCUT2D eigenvalue weighted by molar-refractivity contribution is 0.211. The molecule has 0 fully saturated rings. The van der Waals surface area contributed by atoms with Crippen molar-refractivity contribution in [2.75, 3.05) is 6.54 Å². The SMILES string of the molecule is [CH2]C(O)CCNC(=N)N. The van der Waals surface area contributed by atoms with Crippen LogP contribution in [0.15, 0.2) is 0 Å². The van der Waals surface area contributed by atoms with Crippen LogP contribution in [0.1, 0.15) is 6.42 Å². The molecule has 0 spiro atoms. The van der Waals surface area contributed by atoms with E-state index in [1.165, 1.54) is 0 Å². The van der Waals surface area contributed by atoms with Crippen molar-refractivity contribution in [1.82, 2.24) is 5.32 Å². The molecule has 9 heavy (non-hydrogen) atoms. The van der Waals surface area contributed by atoms with E-state index in [4.69, 9.17) is 16.2 Å². The third-order valence-corrected chi connectivity index (χ3v) is 0.793. The first-order valence-electron chi connectivity index (χ1n) is 2.72. The molecule has 0 aliphatic heterocycles. The summed E-state index contributed by atoms with van der Waals surface area (Å²) in [5, 5.41) is 17.8. The van der Waals surface area contributed by atoms with Crippen LogP contribution >= 0.6 is 0 Å². The molecule has 0 saturated carbocycles. The first-order chi connectivity index (χ1) is 4.13. The molecule has 0 aromatic heterocycles. The largest absolute Gasteiger partial charge is 0.393 e. The Hall–Kier alpha value is -0.770. The molecule has 0 saturated heterocycles. The van der Waals surface area contributed by atoms with Gasteiger partial charge in [0.2, 0.25) is 0 Å². The summed E-state index contributed by atoms with van der Waals surface area (Å²) in [5.41, 5.74) is 4.95. The third kappa shape index (κ3) is 7.23. The van der Waals surface area contributed by atoms with Gasteiger partial charge in [0, 0.05) is 6.54 Å². The fourth-order valence-corrected chi connectivity index (χ4v) is 0.373. The van der Waals surface area contributed by atoms with Gasteiger partial charge in [-0.15, -0.1) is 0 Å². The van der Waals surface area contributed by atoms with Crippen LogP contribution in [0.3, 0.4) is 0 Å². The molecule has 4 nitrogen and oxygen atoms in total. The lowest BCUT2D eigenvalue weighted by Gasteiger charge is -2.04. The number of hydrogen-bond donors (Lipinski definition) is 4. The molecule has 0 aliphatic carbocycles.